The van der Waals surface area contributed by atoms with Crippen LogP contribution in [0.5, 0.6) is 0 Å². The first kappa shape index (κ1) is 30.9. The van der Waals surface area contributed by atoms with Crippen molar-refractivity contribution in [2.24, 2.45) is 0 Å². The van der Waals surface area contributed by atoms with Gasteiger partial charge in [0.15, 0.2) is 0 Å². The zero-order valence-electron chi connectivity index (χ0n) is 24.1. The summed E-state index contributed by atoms with van der Waals surface area (Å²) in [6.45, 7) is 9.45. The third kappa shape index (κ3) is 7.50. The minimum absolute atomic E-state index is 0.0516. The van der Waals surface area contributed by atoms with E-state index in [0.717, 1.165) is 23.1 Å². The highest BCUT2D eigenvalue weighted by atomic mass is 32.2. The Morgan fingerprint density at radius 1 is 0.850 bits per heavy atom. The summed E-state index contributed by atoms with van der Waals surface area (Å²) in [5, 5.41) is 3.01. The molecule has 2 atom stereocenters. The molecule has 0 fully saturated rings. The molecular formula is C32H41N3O4S. The van der Waals surface area contributed by atoms with Crippen LogP contribution in [0.4, 0.5) is 5.69 Å². The molecule has 3 rings (SSSR count). The van der Waals surface area contributed by atoms with Gasteiger partial charge in [-0.1, -0.05) is 87.0 Å². The molecule has 0 unspecified atom stereocenters. The molecule has 0 saturated heterocycles. The van der Waals surface area contributed by atoms with Crippen molar-refractivity contribution >= 4 is 27.5 Å². The predicted octanol–water partition coefficient (Wildman–Crippen LogP) is 5.47. The Morgan fingerprint density at radius 2 is 1.48 bits per heavy atom. The van der Waals surface area contributed by atoms with Gasteiger partial charge in [0.1, 0.15) is 12.6 Å². The zero-order chi connectivity index (χ0) is 29.3. The number of benzene rings is 3. The highest BCUT2D eigenvalue weighted by molar-refractivity contribution is 7.92. The fourth-order valence-electron chi connectivity index (χ4n) is 4.54. The lowest BCUT2D eigenvalue weighted by Gasteiger charge is -2.34. The first-order chi connectivity index (χ1) is 19.1. The number of hydrogen-bond acceptors (Lipinski definition) is 4. The average Bonchev–Trinajstić information content (AvgIpc) is 2.96. The van der Waals surface area contributed by atoms with Crippen LogP contribution in [0.2, 0.25) is 0 Å². The molecule has 0 radical (unpaired) electrons. The van der Waals surface area contributed by atoms with Crippen LogP contribution < -0.4 is 9.62 Å². The Balaban J connectivity index is 2.08. The Labute approximate surface area is 239 Å². The molecule has 8 heteroatoms. The van der Waals surface area contributed by atoms with Crippen LogP contribution in [-0.4, -0.2) is 43.8 Å². The third-order valence-corrected chi connectivity index (χ3v) is 8.89. The predicted molar refractivity (Wildman–Crippen MR) is 160 cm³/mol. The van der Waals surface area contributed by atoms with Crippen molar-refractivity contribution in [1.82, 2.24) is 10.2 Å². The van der Waals surface area contributed by atoms with Crippen molar-refractivity contribution in [2.45, 2.75) is 77.4 Å². The van der Waals surface area contributed by atoms with Crippen molar-refractivity contribution in [2.75, 3.05) is 10.8 Å². The van der Waals surface area contributed by atoms with Gasteiger partial charge < -0.3 is 10.2 Å². The van der Waals surface area contributed by atoms with Gasteiger partial charge in [-0.05, 0) is 62.4 Å². The molecule has 214 valence electrons. The molecule has 0 aliphatic rings. The molecule has 3 aromatic rings. The molecule has 1 N–H and O–H groups in total. The highest BCUT2D eigenvalue weighted by Crippen LogP contribution is 2.28. The number of aryl methyl sites for hydroxylation is 2. The first-order valence-corrected chi connectivity index (χ1v) is 15.4. The van der Waals surface area contributed by atoms with Crippen LogP contribution in [0.1, 0.15) is 57.2 Å². The molecular weight excluding hydrogens is 522 g/mol. The Morgan fingerprint density at radius 3 is 2.08 bits per heavy atom. The van der Waals surface area contributed by atoms with Crippen molar-refractivity contribution in [1.29, 1.82) is 0 Å². The highest BCUT2D eigenvalue weighted by Gasteiger charge is 2.34. The normalized spacial score (nSPS) is 12.8. The molecule has 3 aromatic carbocycles. The minimum atomic E-state index is -4.08. The molecule has 0 aliphatic heterocycles. The van der Waals surface area contributed by atoms with E-state index in [1.165, 1.54) is 21.3 Å². The topological polar surface area (TPSA) is 86.8 Å². The maximum Gasteiger partial charge on any atom is 0.264 e. The lowest BCUT2D eigenvalue weighted by Crippen LogP contribution is -2.53. The van der Waals surface area contributed by atoms with Crippen LogP contribution in [0.3, 0.4) is 0 Å². The van der Waals surface area contributed by atoms with E-state index in [0.29, 0.717) is 18.5 Å². The minimum Gasteiger partial charge on any atom is -0.352 e. The number of rotatable bonds is 13. The number of carbonyl (C=O) groups excluding carboxylic acids is 2. The molecule has 0 saturated carbocycles. The number of para-hydroxylation sites is 1. The van der Waals surface area contributed by atoms with E-state index < -0.39 is 28.5 Å². The van der Waals surface area contributed by atoms with E-state index >= 15 is 0 Å². The number of hydrogen-bond donors (Lipinski definition) is 1. The van der Waals surface area contributed by atoms with E-state index in [2.05, 4.69) is 5.32 Å². The van der Waals surface area contributed by atoms with Crippen molar-refractivity contribution in [3.63, 3.8) is 0 Å². The fraction of sp³-hybridized carbons (Fsp3) is 0.375. The van der Waals surface area contributed by atoms with Crippen LogP contribution >= 0.6 is 0 Å². The van der Waals surface area contributed by atoms with Gasteiger partial charge in [-0.2, -0.15) is 0 Å². The summed E-state index contributed by atoms with van der Waals surface area (Å²) in [6, 6.07) is 22.3. The molecule has 0 aliphatic carbocycles. The van der Waals surface area contributed by atoms with Crippen LogP contribution in [0, 0.1) is 6.92 Å². The van der Waals surface area contributed by atoms with Gasteiger partial charge >= 0.3 is 0 Å². The first-order valence-electron chi connectivity index (χ1n) is 13.9. The summed E-state index contributed by atoms with van der Waals surface area (Å²) in [7, 11) is -4.08. The molecule has 7 nitrogen and oxygen atoms in total. The largest absolute Gasteiger partial charge is 0.352 e. The van der Waals surface area contributed by atoms with Gasteiger partial charge in [-0.25, -0.2) is 8.42 Å². The Kier molecular flexibility index (Phi) is 10.9. The standard InChI is InChI=1S/C32H41N3O4S/c1-6-25(5)33-32(37)29(8-3)34(22-26-20-18-24(4)19-21-26)31(36)23-35(30-17-13-12-14-27(30)7-2)40(38,39)28-15-10-9-11-16-28/h9-21,25,29H,6-8,22-23H2,1-5H3,(H,33,37)/t25-,29+/m1/s1. The van der Waals surface area contributed by atoms with Gasteiger partial charge in [0.2, 0.25) is 11.8 Å². The fourth-order valence-corrected chi connectivity index (χ4v) is 6.01. The summed E-state index contributed by atoms with van der Waals surface area (Å²) < 4.78 is 29.2. The van der Waals surface area contributed by atoms with Crippen molar-refractivity contribution in [3.05, 3.63) is 95.6 Å². The summed E-state index contributed by atoms with van der Waals surface area (Å²) >= 11 is 0. The quantitative estimate of drug-likeness (QED) is 0.299. The number of nitrogens with one attached hydrogen (secondary N) is 1. The lowest BCUT2D eigenvalue weighted by molar-refractivity contribution is -0.140. The molecule has 2 amide bonds. The third-order valence-electron chi connectivity index (χ3n) is 7.11. The Hall–Kier alpha value is -3.65. The average molecular weight is 564 g/mol. The number of carbonyl (C=O) groups is 2. The maximum absolute atomic E-state index is 14.2. The second-order valence-electron chi connectivity index (χ2n) is 10.1. The van der Waals surface area contributed by atoms with Gasteiger partial charge in [0, 0.05) is 12.6 Å². The van der Waals surface area contributed by atoms with Crippen LogP contribution in [0.15, 0.2) is 83.8 Å². The molecule has 0 aromatic heterocycles. The zero-order valence-corrected chi connectivity index (χ0v) is 24.9. The number of anilines is 1. The number of nitrogens with zero attached hydrogens (tertiary/aromatic N) is 2. The second-order valence-corrected chi connectivity index (χ2v) is 11.9. The summed E-state index contributed by atoms with van der Waals surface area (Å²) in [4.78, 5) is 29.2. The van der Waals surface area contributed by atoms with E-state index in [-0.39, 0.29) is 23.4 Å². The van der Waals surface area contributed by atoms with E-state index in [4.69, 9.17) is 0 Å². The smallest absolute Gasteiger partial charge is 0.264 e. The number of amides is 2. The van der Waals surface area contributed by atoms with E-state index in [1.54, 1.807) is 30.3 Å². The van der Waals surface area contributed by atoms with Crippen LogP contribution in [0.25, 0.3) is 0 Å². The SMILES string of the molecule is CCc1ccccc1N(CC(=O)N(Cc1ccc(C)cc1)[C@@H](CC)C(=O)N[C@H](C)CC)S(=O)(=O)c1ccccc1. The van der Waals surface area contributed by atoms with Gasteiger partial charge in [-0.3, -0.25) is 13.9 Å². The molecule has 40 heavy (non-hydrogen) atoms. The summed E-state index contributed by atoms with van der Waals surface area (Å²) in [6.07, 6.45) is 1.73. The van der Waals surface area contributed by atoms with Gasteiger partial charge in [0.05, 0.1) is 10.6 Å². The van der Waals surface area contributed by atoms with E-state index in [1.807, 2.05) is 71.0 Å². The molecule has 0 heterocycles. The van der Waals surface area contributed by atoms with Crippen molar-refractivity contribution < 1.29 is 18.0 Å². The number of sulfonamides is 1. The Bertz CT molecular complexity index is 1370. The van der Waals surface area contributed by atoms with Crippen molar-refractivity contribution in [3.8, 4) is 0 Å². The van der Waals surface area contributed by atoms with Gasteiger partial charge in [0.25, 0.3) is 10.0 Å². The second kappa shape index (κ2) is 14.1. The van der Waals surface area contributed by atoms with E-state index in [9.17, 15) is 18.0 Å². The van der Waals surface area contributed by atoms with Crippen LogP contribution in [-0.2, 0) is 32.6 Å². The molecule has 0 bridgehead atoms. The monoisotopic (exact) mass is 563 g/mol. The maximum atomic E-state index is 14.2. The van der Waals surface area contributed by atoms with Gasteiger partial charge in [-0.15, -0.1) is 0 Å². The summed E-state index contributed by atoms with van der Waals surface area (Å²) in [5.41, 5.74) is 3.20. The summed E-state index contributed by atoms with van der Waals surface area (Å²) in [5.74, 6) is -0.694. The lowest BCUT2D eigenvalue weighted by atomic mass is 10.1. The molecule has 0 spiro atoms.